The second-order valence-electron chi connectivity index (χ2n) is 6.27. The predicted octanol–water partition coefficient (Wildman–Crippen LogP) is 4.07. The number of halogens is 2. The van der Waals surface area contributed by atoms with Crippen LogP contribution in [0.5, 0.6) is 0 Å². The maximum absolute atomic E-state index is 13.4. The monoisotopic (exact) mass is 388 g/mol. The van der Waals surface area contributed by atoms with Crippen LogP contribution in [-0.2, 0) is 11.3 Å². The number of hydrogen-bond donors (Lipinski definition) is 2. The molecule has 0 spiro atoms. The summed E-state index contributed by atoms with van der Waals surface area (Å²) in [7, 11) is 0. The second-order valence-corrected chi connectivity index (χ2v) is 6.66. The van der Waals surface area contributed by atoms with Crippen molar-refractivity contribution in [3.63, 3.8) is 0 Å². The molecule has 1 heterocycles. The summed E-state index contributed by atoms with van der Waals surface area (Å²) in [5, 5.41) is 9.68. The van der Waals surface area contributed by atoms with Crippen LogP contribution in [-0.4, -0.2) is 20.7 Å². The SMILES string of the molecule is Cc1cccc(-c2n[nH]c(=S)n2CC(=O)NC(C)c2ccc(F)c(F)c2)c1. The van der Waals surface area contributed by atoms with Gasteiger partial charge in [0, 0.05) is 5.56 Å². The Labute approximate surface area is 160 Å². The molecule has 2 aromatic carbocycles. The summed E-state index contributed by atoms with van der Waals surface area (Å²) in [6, 6.07) is 10.8. The maximum atomic E-state index is 13.4. The first-order valence-electron chi connectivity index (χ1n) is 8.31. The fourth-order valence-electron chi connectivity index (χ4n) is 2.76. The van der Waals surface area contributed by atoms with E-state index in [1.54, 1.807) is 11.5 Å². The van der Waals surface area contributed by atoms with Crippen molar-refractivity contribution in [1.29, 1.82) is 0 Å². The van der Waals surface area contributed by atoms with E-state index in [2.05, 4.69) is 15.5 Å². The number of rotatable bonds is 5. The molecule has 8 heteroatoms. The average Bonchev–Trinajstić information content (AvgIpc) is 2.98. The number of benzene rings is 2. The third kappa shape index (κ3) is 4.28. The fraction of sp³-hybridized carbons (Fsp3) is 0.211. The first kappa shape index (κ1) is 18.9. The van der Waals surface area contributed by atoms with Crippen LogP contribution in [0.2, 0.25) is 0 Å². The molecule has 3 rings (SSSR count). The average molecular weight is 388 g/mol. The summed E-state index contributed by atoms with van der Waals surface area (Å²) >= 11 is 5.24. The number of amides is 1. The predicted molar refractivity (Wildman–Crippen MR) is 101 cm³/mol. The summed E-state index contributed by atoms with van der Waals surface area (Å²) in [4.78, 5) is 12.5. The molecule has 0 aliphatic heterocycles. The Morgan fingerprint density at radius 3 is 2.74 bits per heavy atom. The van der Waals surface area contributed by atoms with E-state index in [1.165, 1.54) is 6.07 Å². The molecule has 0 aliphatic rings. The Morgan fingerprint density at radius 2 is 2.04 bits per heavy atom. The van der Waals surface area contributed by atoms with Crippen molar-refractivity contribution in [2.24, 2.45) is 0 Å². The lowest BCUT2D eigenvalue weighted by Gasteiger charge is -2.15. The lowest BCUT2D eigenvalue weighted by atomic mass is 10.1. The van der Waals surface area contributed by atoms with E-state index < -0.39 is 17.7 Å². The minimum Gasteiger partial charge on any atom is -0.348 e. The number of aromatic nitrogens is 3. The summed E-state index contributed by atoms with van der Waals surface area (Å²) < 4.78 is 28.4. The lowest BCUT2D eigenvalue weighted by molar-refractivity contribution is -0.122. The van der Waals surface area contributed by atoms with Crippen LogP contribution in [0.3, 0.4) is 0 Å². The van der Waals surface area contributed by atoms with Gasteiger partial charge in [-0.1, -0.05) is 29.8 Å². The molecular formula is C19H18F2N4OS. The number of nitrogens with one attached hydrogen (secondary N) is 2. The number of aryl methyl sites for hydroxylation is 1. The number of nitrogens with zero attached hydrogens (tertiary/aromatic N) is 2. The van der Waals surface area contributed by atoms with Gasteiger partial charge in [-0.15, -0.1) is 0 Å². The van der Waals surface area contributed by atoms with E-state index >= 15 is 0 Å². The molecule has 0 fully saturated rings. The van der Waals surface area contributed by atoms with Crippen molar-refractivity contribution in [3.8, 4) is 11.4 Å². The van der Waals surface area contributed by atoms with E-state index in [4.69, 9.17) is 12.2 Å². The Hall–Kier alpha value is -2.87. The van der Waals surface area contributed by atoms with E-state index in [0.717, 1.165) is 23.3 Å². The Morgan fingerprint density at radius 1 is 1.26 bits per heavy atom. The highest BCUT2D eigenvalue weighted by Crippen LogP contribution is 2.19. The summed E-state index contributed by atoms with van der Waals surface area (Å²) in [5.74, 6) is -1.64. The van der Waals surface area contributed by atoms with Crippen LogP contribution in [0.1, 0.15) is 24.1 Å². The zero-order valence-corrected chi connectivity index (χ0v) is 15.6. The zero-order chi connectivity index (χ0) is 19.6. The van der Waals surface area contributed by atoms with Crippen LogP contribution in [0, 0.1) is 23.3 Å². The van der Waals surface area contributed by atoms with Crippen LogP contribution in [0.25, 0.3) is 11.4 Å². The molecule has 140 valence electrons. The van der Waals surface area contributed by atoms with Crippen molar-refractivity contribution < 1.29 is 13.6 Å². The van der Waals surface area contributed by atoms with Crippen LogP contribution in [0.15, 0.2) is 42.5 Å². The fourth-order valence-corrected chi connectivity index (χ4v) is 2.96. The molecule has 1 amide bonds. The molecule has 0 radical (unpaired) electrons. The number of H-pyrrole nitrogens is 1. The summed E-state index contributed by atoms with van der Waals surface area (Å²) in [6.45, 7) is 3.61. The first-order chi connectivity index (χ1) is 12.8. The molecule has 1 atom stereocenters. The molecule has 5 nitrogen and oxygen atoms in total. The molecule has 2 N–H and O–H groups in total. The van der Waals surface area contributed by atoms with Crippen LogP contribution in [0.4, 0.5) is 8.78 Å². The molecule has 27 heavy (non-hydrogen) atoms. The van der Waals surface area contributed by atoms with Crippen molar-refractivity contribution >= 4 is 18.1 Å². The quantitative estimate of drug-likeness (QED) is 0.648. The van der Waals surface area contributed by atoms with Crippen molar-refractivity contribution in [2.75, 3.05) is 0 Å². The Kier molecular flexibility index (Phi) is 5.46. The second kappa shape index (κ2) is 7.79. The van der Waals surface area contributed by atoms with Gasteiger partial charge >= 0.3 is 0 Å². The highest BCUT2D eigenvalue weighted by molar-refractivity contribution is 7.71. The standard InChI is InChI=1S/C19H18F2N4OS/c1-11-4-3-5-14(8-11)18-23-24-19(27)25(18)10-17(26)22-12(2)13-6-7-15(20)16(21)9-13/h3-9,12H,10H2,1-2H3,(H,22,26)(H,24,27). The summed E-state index contributed by atoms with van der Waals surface area (Å²) in [5.41, 5.74) is 2.37. The van der Waals surface area contributed by atoms with Gasteiger partial charge in [0.25, 0.3) is 0 Å². The highest BCUT2D eigenvalue weighted by atomic mass is 32.1. The molecule has 0 bridgehead atoms. The van der Waals surface area contributed by atoms with Gasteiger partial charge in [-0.25, -0.2) is 8.78 Å². The van der Waals surface area contributed by atoms with E-state index in [1.807, 2.05) is 31.2 Å². The normalized spacial score (nSPS) is 12.0. The van der Waals surface area contributed by atoms with Gasteiger partial charge in [0.05, 0.1) is 6.04 Å². The molecular weight excluding hydrogens is 370 g/mol. The van der Waals surface area contributed by atoms with Gasteiger partial charge in [-0.05, 0) is 49.8 Å². The third-order valence-corrected chi connectivity index (χ3v) is 4.47. The van der Waals surface area contributed by atoms with Gasteiger partial charge in [-0.3, -0.25) is 14.5 Å². The highest BCUT2D eigenvalue weighted by Gasteiger charge is 2.16. The van der Waals surface area contributed by atoms with Gasteiger partial charge < -0.3 is 5.32 Å². The molecule has 1 aromatic heterocycles. The minimum absolute atomic E-state index is 0.0490. The number of carbonyl (C=O) groups excluding carboxylic acids is 1. The Bertz CT molecular complexity index is 1040. The van der Waals surface area contributed by atoms with Gasteiger partial charge in [0.2, 0.25) is 5.91 Å². The maximum Gasteiger partial charge on any atom is 0.240 e. The summed E-state index contributed by atoms with van der Waals surface area (Å²) in [6.07, 6.45) is 0. The molecule has 0 saturated heterocycles. The van der Waals surface area contributed by atoms with Gasteiger partial charge in [-0.2, -0.15) is 5.10 Å². The lowest BCUT2D eigenvalue weighted by Crippen LogP contribution is -2.30. The van der Waals surface area contributed by atoms with Crippen molar-refractivity contribution in [1.82, 2.24) is 20.1 Å². The topological polar surface area (TPSA) is 62.7 Å². The molecule has 0 aliphatic carbocycles. The minimum atomic E-state index is -0.951. The number of hydrogen-bond acceptors (Lipinski definition) is 3. The largest absolute Gasteiger partial charge is 0.348 e. The molecule has 0 saturated carbocycles. The van der Waals surface area contributed by atoms with Crippen LogP contribution < -0.4 is 5.32 Å². The van der Waals surface area contributed by atoms with Crippen molar-refractivity contribution in [2.45, 2.75) is 26.4 Å². The molecule has 1 unspecified atom stereocenters. The molecule has 3 aromatic rings. The zero-order valence-electron chi connectivity index (χ0n) is 14.8. The first-order valence-corrected chi connectivity index (χ1v) is 8.72. The number of aromatic amines is 1. The Balaban J connectivity index is 1.77. The van der Waals surface area contributed by atoms with Gasteiger partial charge in [0.15, 0.2) is 22.2 Å². The van der Waals surface area contributed by atoms with Gasteiger partial charge in [0.1, 0.15) is 6.54 Å². The van der Waals surface area contributed by atoms with Crippen LogP contribution >= 0.6 is 12.2 Å². The van der Waals surface area contributed by atoms with Crippen molar-refractivity contribution in [3.05, 3.63) is 70.0 Å². The number of carbonyl (C=O) groups is 1. The smallest absolute Gasteiger partial charge is 0.240 e. The third-order valence-electron chi connectivity index (χ3n) is 4.16. The van der Waals surface area contributed by atoms with E-state index in [0.29, 0.717) is 16.2 Å². The van der Waals surface area contributed by atoms with E-state index in [-0.39, 0.29) is 12.5 Å². The van der Waals surface area contributed by atoms with E-state index in [9.17, 15) is 13.6 Å².